The summed E-state index contributed by atoms with van der Waals surface area (Å²) in [5, 5.41) is 17.3. The van der Waals surface area contributed by atoms with Crippen LogP contribution in [-0.4, -0.2) is 33.3 Å². The van der Waals surface area contributed by atoms with Gasteiger partial charge in [0.2, 0.25) is 5.88 Å². The van der Waals surface area contributed by atoms with Crippen LogP contribution in [0.3, 0.4) is 0 Å². The van der Waals surface area contributed by atoms with Gasteiger partial charge in [0.15, 0.2) is 23.1 Å². The van der Waals surface area contributed by atoms with Crippen LogP contribution in [-0.2, 0) is 4.74 Å². The number of fused-ring (bicyclic) bond motifs is 1. The van der Waals surface area contributed by atoms with Gasteiger partial charge in [-0.05, 0) is 42.0 Å². The van der Waals surface area contributed by atoms with E-state index < -0.39 is 17.7 Å². The van der Waals surface area contributed by atoms with Gasteiger partial charge >= 0.3 is 0 Å². The van der Waals surface area contributed by atoms with Crippen molar-refractivity contribution in [3.63, 3.8) is 0 Å². The molecule has 150 valence electrons. The third-order valence-electron chi connectivity index (χ3n) is 4.54. The number of rotatable bonds is 6. The van der Waals surface area contributed by atoms with Crippen LogP contribution in [0.15, 0.2) is 54.9 Å². The molecule has 0 radical (unpaired) electrons. The van der Waals surface area contributed by atoms with Crippen LogP contribution in [0, 0.1) is 23.0 Å². The van der Waals surface area contributed by atoms with Gasteiger partial charge < -0.3 is 9.47 Å². The van der Waals surface area contributed by atoms with Gasteiger partial charge in [-0.2, -0.15) is 5.26 Å². The molecule has 9 heteroatoms. The van der Waals surface area contributed by atoms with Gasteiger partial charge in [-0.1, -0.05) is 6.07 Å². The van der Waals surface area contributed by atoms with E-state index in [9.17, 15) is 8.78 Å². The maximum absolute atomic E-state index is 13.6. The van der Waals surface area contributed by atoms with Crippen LogP contribution in [0.2, 0.25) is 0 Å². The highest BCUT2D eigenvalue weighted by Gasteiger charge is 2.17. The first-order valence-electron chi connectivity index (χ1n) is 8.91. The van der Waals surface area contributed by atoms with Crippen LogP contribution < -0.4 is 4.74 Å². The maximum Gasteiger partial charge on any atom is 0.220 e. The third-order valence-corrected chi connectivity index (χ3v) is 4.54. The molecule has 2 aromatic carbocycles. The molecule has 0 bridgehead atoms. The summed E-state index contributed by atoms with van der Waals surface area (Å²) in [5.41, 5.74) is 2.17. The molecule has 0 fully saturated rings. The number of ether oxygens (including phenoxy) is 2. The first kappa shape index (κ1) is 19.4. The van der Waals surface area contributed by atoms with Gasteiger partial charge in [0.25, 0.3) is 0 Å². The predicted molar refractivity (Wildman–Crippen MR) is 103 cm³/mol. The summed E-state index contributed by atoms with van der Waals surface area (Å²) in [6, 6.07) is 12.5. The van der Waals surface area contributed by atoms with E-state index in [-0.39, 0.29) is 6.61 Å². The molecule has 4 rings (SSSR count). The Morgan fingerprint density at radius 1 is 1.07 bits per heavy atom. The molecule has 7 nitrogen and oxygen atoms in total. The number of aromatic nitrogens is 4. The zero-order valence-corrected chi connectivity index (χ0v) is 15.8. The number of halogens is 2. The molecular weight excluding hydrogens is 392 g/mol. The van der Waals surface area contributed by atoms with Crippen molar-refractivity contribution in [2.45, 2.75) is 6.10 Å². The minimum absolute atomic E-state index is 0.0212. The van der Waals surface area contributed by atoms with Crippen molar-refractivity contribution in [1.29, 1.82) is 5.26 Å². The monoisotopic (exact) mass is 407 g/mol. The summed E-state index contributed by atoms with van der Waals surface area (Å²) in [4.78, 5) is 4.11. The van der Waals surface area contributed by atoms with Crippen molar-refractivity contribution in [1.82, 2.24) is 19.6 Å². The molecule has 0 amide bonds. The molecular formula is C21H15F2N5O2. The van der Waals surface area contributed by atoms with Crippen LogP contribution in [0.5, 0.6) is 5.88 Å². The van der Waals surface area contributed by atoms with E-state index >= 15 is 0 Å². The molecule has 2 aromatic heterocycles. The fourth-order valence-corrected chi connectivity index (χ4v) is 2.98. The quantitative estimate of drug-likeness (QED) is 0.484. The number of nitriles is 1. The Labute approximate surface area is 170 Å². The molecule has 0 aliphatic heterocycles. The van der Waals surface area contributed by atoms with E-state index in [0.717, 1.165) is 17.7 Å². The maximum atomic E-state index is 13.6. The van der Waals surface area contributed by atoms with E-state index in [1.165, 1.54) is 25.6 Å². The minimum atomic E-state index is -0.958. The number of hydrogen-bond donors (Lipinski definition) is 0. The second-order valence-electron chi connectivity index (χ2n) is 6.36. The van der Waals surface area contributed by atoms with E-state index in [2.05, 4.69) is 21.3 Å². The van der Waals surface area contributed by atoms with Crippen molar-refractivity contribution in [3.8, 4) is 23.3 Å². The average Bonchev–Trinajstić information content (AvgIpc) is 3.21. The molecule has 4 aromatic rings. The molecule has 0 aliphatic rings. The van der Waals surface area contributed by atoms with E-state index in [4.69, 9.17) is 14.7 Å². The fourth-order valence-electron chi connectivity index (χ4n) is 2.98. The zero-order chi connectivity index (χ0) is 21.1. The highest BCUT2D eigenvalue weighted by molar-refractivity contribution is 5.61. The Balaban J connectivity index is 1.64. The third kappa shape index (κ3) is 3.68. The van der Waals surface area contributed by atoms with Gasteiger partial charge in [0.05, 0.1) is 24.0 Å². The van der Waals surface area contributed by atoms with Gasteiger partial charge in [-0.3, -0.25) is 4.98 Å². The molecule has 0 N–H and O–H groups in total. The van der Waals surface area contributed by atoms with Crippen molar-refractivity contribution >= 4 is 5.65 Å². The lowest BCUT2D eigenvalue weighted by atomic mass is 10.1. The van der Waals surface area contributed by atoms with Crippen molar-refractivity contribution in [3.05, 3.63) is 77.6 Å². The first-order valence-corrected chi connectivity index (χ1v) is 8.91. The smallest absolute Gasteiger partial charge is 0.220 e. The Hall–Kier alpha value is -3.90. The van der Waals surface area contributed by atoms with Gasteiger partial charge in [0.1, 0.15) is 12.7 Å². The summed E-state index contributed by atoms with van der Waals surface area (Å²) in [6.07, 6.45) is 2.41. The largest absolute Gasteiger partial charge is 0.474 e. The Kier molecular flexibility index (Phi) is 5.32. The van der Waals surface area contributed by atoms with Gasteiger partial charge in [-0.15, -0.1) is 10.2 Å². The normalized spacial score (nSPS) is 11.9. The number of nitrogens with zero attached hydrogens (tertiary/aromatic N) is 5. The lowest BCUT2D eigenvalue weighted by Gasteiger charge is -2.17. The Morgan fingerprint density at radius 2 is 1.87 bits per heavy atom. The van der Waals surface area contributed by atoms with Crippen molar-refractivity contribution < 1.29 is 18.3 Å². The molecule has 0 saturated heterocycles. The summed E-state index contributed by atoms with van der Waals surface area (Å²) in [6.45, 7) is 0.0212. The zero-order valence-electron chi connectivity index (χ0n) is 15.8. The standard InChI is InChI=1S/C21H15F2N5O2/c1-29-18(15-6-7-16(22)17(23)8-15)12-30-20-11-25-10-19-26-27-21(28(19)20)14-4-2-13(9-24)3-5-14/h2-8,10-11,18H,12H2,1H3. The minimum Gasteiger partial charge on any atom is -0.474 e. The Bertz CT molecular complexity index is 1230. The highest BCUT2D eigenvalue weighted by Crippen LogP contribution is 2.25. The number of methoxy groups -OCH3 is 1. The van der Waals surface area contributed by atoms with Crippen molar-refractivity contribution in [2.75, 3.05) is 13.7 Å². The fraction of sp³-hybridized carbons (Fsp3) is 0.143. The first-order chi connectivity index (χ1) is 14.6. The molecule has 2 heterocycles. The topological polar surface area (TPSA) is 85.3 Å². The van der Waals surface area contributed by atoms with Crippen LogP contribution in [0.1, 0.15) is 17.2 Å². The molecule has 0 aliphatic carbocycles. The summed E-state index contributed by atoms with van der Waals surface area (Å²) in [5.74, 6) is -1.03. The van der Waals surface area contributed by atoms with Crippen LogP contribution in [0.25, 0.3) is 17.0 Å². The number of hydrogen-bond acceptors (Lipinski definition) is 6. The van der Waals surface area contributed by atoms with Gasteiger partial charge in [0, 0.05) is 12.7 Å². The average molecular weight is 407 g/mol. The van der Waals surface area contributed by atoms with E-state index in [1.807, 2.05) is 0 Å². The molecule has 0 spiro atoms. The van der Waals surface area contributed by atoms with Crippen molar-refractivity contribution in [2.24, 2.45) is 0 Å². The number of benzene rings is 2. The Morgan fingerprint density at radius 3 is 2.57 bits per heavy atom. The molecule has 1 atom stereocenters. The summed E-state index contributed by atoms with van der Waals surface area (Å²) < 4.78 is 39.7. The second kappa shape index (κ2) is 8.23. The van der Waals surface area contributed by atoms with Crippen LogP contribution >= 0.6 is 0 Å². The SMILES string of the molecule is COC(COc1cncc2nnc(-c3ccc(C#N)cc3)n12)c1ccc(F)c(F)c1. The highest BCUT2D eigenvalue weighted by atomic mass is 19.2. The summed E-state index contributed by atoms with van der Waals surface area (Å²) in [7, 11) is 1.45. The molecule has 0 saturated carbocycles. The molecule has 1 unspecified atom stereocenters. The van der Waals surface area contributed by atoms with E-state index in [0.29, 0.717) is 28.5 Å². The predicted octanol–water partition coefficient (Wildman–Crippen LogP) is 3.71. The van der Waals surface area contributed by atoms with Crippen LogP contribution in [0.4, 0.5) is 8.78 Å². The summed E-state index contributed by atoms with van der Waals surface area (Å²) >= 11 is 0. The second-order valence-corrected chi connectivity index (χ2v) is 6.36. The lowest BCUT2D eigenvalue weighted by Crippen LogP contribution is -2.14. The lowest BCUT2D eigenvalue weighted by molar-refractivity contribution is 0.0551. The van der Waals surface area contributed by atoms with E-state index in [1.54, 1.807) is 28.7 Å². The molecule has 30 heavy (non-hydrogen) atoms. The van der Waals surface area contributed by atoms with Gasteiger partial charge in [-0.25, -0.2) is 13.2 Å².